The van der Waals surface area contributed by atoms with E-state index in [1.165, 1.54) is 33.4 Å². The zero-order chi connectivity index (χ0) is 14.2. The quantitative estimate of drug-likeness (QED) is 0.664. The predicted octanol–water partition coefficient (Wildman–Crippen LogP) is 3.53. The van der Waals surface area contributed by atoms with E-state index in [1.807, 2.05) is 0 Å². The number of aromatic amines is 1. The molecule has 0 radical (unpaired) electrons. The fourth-order valence-electron chi connectivity index (χ4n) is 3.26. The van der Waals surface area contributed by atoms with Gasteiger partial charge in [-0.25, -0.2) is 4.98 Å². The van der Waals surface area contributed by atoms with Crippen LogP contribution in [0.3, 0.4) is 0 Å². The maximum Gasteiger partial charge on any atom is 0.275 e. The molecule has 104 valence electrons. The fraction of sp³-hybridized carbons (Fsp3) is 0.211. The highest BCUT2D eigenvalue weighted by Gasteiger charge is 2.23. The highest BCUT2D eigenvalue weighted by atomic mass is 15.2. The van der Waals surface area contributed by atoms with Crippen LogP contribution in [-0.4, -0.2) is 6.54 Å². The molecule has 2 heteroatoms. The van der Waals surface area contributed by atoms with Gasteiger partial charge >= 0.3 is 0 Å². The predicted molar refractivity (Wildman–Crippen MR) is 86.4 cm³/mol. The lowest BCUT2D eigenvalue weighted by Crippen LogP contribution is -2.34. The van der Waals surface area contributed by atoms with E-state index in [4.69, 9.17) is 0 Å². The van der Waals surface area contributed by atoms with Crippen LogP contribution in [0.4, 0.5) is 5.82 Å². The maximum atomic E-state index is 3.59. The van der Waals surface area contributed by atoms with Crippen molar-refractivity contribution in [2.45, 2.75) is 19.9 Å². The summed E-state index contributed by atoms with van der Waals surface area (Å²) in [6.45, 7) is 4.26. The number of anilines is 1. The minimum Gasteiger partial charge on any atom is -0.257 e. The van der Waals surface area contributed by atoms with Gasteiger partial charge in [0.05, 0.1) is 6.54 Å². The molecule has 1 N–H and O–H groups in total. The second-order valence-electron chi connectivity index (χ2n) is 5.82. The number of fused-ring (bicyclic) bond motifs is 2. The first kappa shape index (κ1) is 12.4. The van der Waals surface area contributed by atoms with Crippen LogP contribution in [0.2, 0.25) is 0 Å². The molecule has 0 saturated carbocycles. The van der Waals surface area contributed by atoms with Crippen LogP contribution in [0.25, 0.3) is 10.9 Å². The molecule has 3 aromatic rings. The first-order valence-corrected chi connectivity index (χ1v) is 7.55. The molecule has 1 aliphatic heterocycles. The summed E-state index contributed by atoms with van der Waals surface area (Å²) in [5, 5.41) is 1.30. The van der Waals surface area contributed by atoms with Gasteiger partial charge in [-0.3, -0.25) is 4.90 Å². The third-order valence-corrected chi connectivity index (χ3v) is 4.44. The number of pyridine rings is 1. The molecule has 0 fully saturated rings. The van der Waals surface area contributed by atoms with Crippen molar-refractivity contribution in [2.75, 3.05) is 11.4 Å². The van der Waals surface area contributed by atoms with Crippen LogP contribution in [0, 0.1) is 6.92 Å². The average molecular weight is 275 g/mol. The SMILES string of the molecule is Cc1cc(N2CCc3ccccc3C2)[nH+]c2ccccc12. The lowest BCUT2D eigenvalue weighted by molar-refractivity contribution is -0.330. The summed E-state index contributed by atoms with van der Waals surface area (Å²) in [5.41, 5.74) is 5.48. The van der Waals surface area contributed by atoms with Crippen LogP contribution in [-0.2, 0) is 13.0 Å². The number of aryl methyl sites for hydroxylation is 1. The Hall–Kier alpha value is -2.35. The van der Waals surface area contributed by atoms with Crippen molar-refractivity contribution in [3.8, 4) is 0 Å². The standard InChI is InChI=1S/C19H18N2/c1-14-12-19(20-18-9-5-4-8-17(14)18)21-11-10-15-6-2-3-7-16(15)13-21/h2-9,12H,10-11,13H2,1H3/p+1. The van der Waals surface area contributed by atoms with Gasteiger partial charge in [-0.2, -0.15) is 0 Å². The molecule has 0 unspecified atom stereocenters. The molecule has 21 heavy (non-hydrogen) atoms. The van der Waals surface area contributed by atoms with Crippen LogP contribution in [0.1, 0.15) is 16.7 Å². The van der Waals surface area contributed by atoms with Gasteiger partial charge in [-0.05, 0) is 29.7 Å². The van der Waals surface area contributed by atoms with Crippen molar-refractivity contribution in [3.63, 3.8) is 0 Å². The molecule has 2 nitrogen and oxygen atoms in total. The highest BCUT2D eigenvalue weighted by molar-refractivity contribution is 5.80. The van der Waals surface area contributed by atoms with Gasteiger partial charge < -0.3 is 0 Å². The minimum atomic E-state index is 0.991. The van der Waals surface area contributed by atoms with Crippen molar-refractivity contribution in [2.24, 2.45) is 0 Å². The number of hydrogen-bond acceptors (Lipinski definition) is 1. The second-order valence-corrected chi connectivity index (χ2v) is 5.82. The Bertz CT molecular complexity index is 808. The average Bonchev–Trinajstić information content (AvgIpc) is 2.54. The molecular formula is C19H19N2+. The van der Waals surface area contributed by atoms with Crippen LogP contribution in [0.5, 0.6) is 0 Å². The third-order valence-electron chi connectivity index (χ3n) is 4.44. The maximum absolute atomic E-state index is 3.59. The number of H-pyrrole nitrogens is 1. The van der Waals surface area contributed by atoms with Gasteiger partial charge in [0.25, 0.3) is 5.82 Å². The zero-order valence-corrected chi connectivity index (χ0v) is 12.3. The number of nitrogens with zero attached hydrogens (tertiary/aromatic N) is 1. The summed E-state index contributed by atoms with van der Waals surface area (Å²) < 4.78 is 0. The number of aromatic nitrogens is 1. The minimum absolute atomic E-state index is 0.991. The molecule has 1 aliphatic rings. The number of para-hydroxylation sites is 1. The zero-order valence-electron chi connectivity index (χ0n) is 12.3. The largest absolute Gasteiger partial charge is 0.275 e. The van der Waals surface area contributed by atoms with E-state index in [0.717, 1.165) is 19.5 Å². The molecule has 0 spiro atoms. The van der Waals surface area contributed by atoms with E-state index in [9.17, 15) is 0 Å². The van der Waals surface area contributed by atoms with Gasteiger partial charge in [0, 0.05) is 17.9 Å². The van der Waals surface area contributed by atoms with E-state index < -0.39 is 0 Å². The molecule has 0 amide bonds. The van der Waals surface area contributed by atoms with E-state index >= 15 is 0 Å². The van der Waals surface area contributed by atoms with Crippen molar-refractivity contribution < 1.29 is 4.98 Å². The Morgan fingerprint density at radius 2 is 1.71 bits per heavy atom. The van der Waals surface area contributed by atoms with Gasteiger partial charge in [-0.15, -0.1) is 0 Å². The Kier molecular flexibility index (Phi) is 2.88. The highest BCUT2D eigenvalue weighted by Crippen LogP contribution is 2.24. The monoisotopic (exact) mass is 275 g/mol. The molecule has 0 saturated heterocycles. The number of hydrogen-bond donors (Lipinski definition) is 0. The first-order chi connectivity index (χ1) is 10.3. The molecular weight excluding hydrogens is 256 g/mol. The van der Waals surface area contributed by atoms with E-state index in [2.05, 4.69) is 71.4 Å². The summed E-state index contributed by atoms with van der Waals surface area (Å²) in [5.74, 6) is 1.22. The molecule has 2 heterocycles. The summed E-state index contributed by atoms with van der Waals surface area (Å²) >= 11 is 0. The first-order valence-electron chi connectivity index (χ1n) is 7.55. The summed E-state index contributed by atoms with van der Waals surface area (Å²) in [4.78, 5) is 6.04. The van der Waals surface area contributed by atoms with Crippen molar-refractivity contribution in [3.05, 3.63) is 71.3 Å². The van der Waals surface area contributed by atoms with E-state index in [0.29, 0.717) is 0 Å². The smallest absolute Gasteiger partial charge is 0.257 e. The molecule has 0 bridgehead atoms. The summed E-state index contributed by atoms with van der Waals surface area (Å²) in [6, 6.07) is 19.6. The number of benzene rings is 2. The van der Waals surface area contributed by atoms with Crippen LogP contribution < -0.4 is 9.88 Å². The second kappa shape index (κ2) is 4.88. The van der Waals surface area contributed by atoms with Crippen LogP contribution in [0.15, 0.2) is 54.6 Å². The molecule has 0 atom stereocenters. The van der Waals surface area contributed by atoms with Crippen molar-refractivity contribution in [1.29, 1.82) is 0 Å². The topological polar surface area (TPSA) is 17.4 Å². The third kappa shape index (κ3) is 2.17. The van der Waals surface area contributed by atoms with Gasteiger partial charge in [0.15, 0.2) is 0 Å². The molecule has 4 rings (SSSR count). The van der Waals surface area contributed by atoms with E-state index in [-0.39, 0.29) is 0 Å². The Balaban J connectivity index is 1.75. The Labute approximate surface area is 125 Å². The fourth-order valence-corrected chi connectivity index (χ4v) is 3.26. The van der Waals surface area contributed by atoms with Crippen molar-refractivity contribution >= 4 is 16.7 Å². The molecule has 1 aromatic heterocycles. The molecule has 0 aliphatic carbocycles. The Morgan fingerprint density at radius 1 is 0.952 bits per heavy atom. The Morgan fingerprint density at radius 3 is 2.62 bits per heavy atom. The van der Waals surface area contributed by atoms with E-state index in [1.54, 1.807) is 0 Å². The van der Waals surface area contributed by atoms with Gasteiger partial charge in [-0.1, -0.05) is 42.5 Å². The number of nitrogens with one attached hydrogen (secondary N) is 1. The van der Waals surface area contributed by atoms with Gasteiger partial charge in [0.2, 0.25) is 0 Å². The lowest BCUT2D eigenvalue weighted by atomic mass is 10.00. The number of rotatable bonds is 1. The van der Waals surface area contributed by atoms with Crippen LogP contribution >= 0.6 is 0 Å². The summed E-state index contributed by atoms with van der Waals surface area (Å²) in [7, 11) is 0. The summed E-state index contributed by atoms with van der Waals surface area (Å²) in [6.07, 6.45) is 1.12. The van der Waals surface area contributed by atoms with Crippen molar-refractivity contribution in [1.82, 2.24) is 0 Å². The lowest BCUT2D eigenvalue weighted by Gasteiger charge is -2.24. The molecule has 2 aromatic carbocycles. The normalized spacial score (nSPS) is 14.2. The van der Waals surface area contributed by atoms with Gasteiger partial charge in [0.1, 0.15) is 12.1 Å².